The Bertz CT molecular complexity index is 945. The highest BCUT2D eigenvalue weighted by Gasteiger charge is 2.30. The highest BCUT2D eigenvalue weighted by molar-refractivity contribution is 7.97. The summed E-state index contributed by atoms with van der Waals surface area (Å²) in [5, 5.41) is 1.21. The molecule has 0 radical (unpaired) electrons. The van der Waals surface area contributed by atoms with Gasteiger partial charge in [-0.25, -0.2) is 0 Å². The summed E-state index contributed by atoms with van der Waals surface area (Å²) in [7, 11) is 4.10. The molecule has 0 aliphatic rings. The molecule has 0 aliphatic carbocycles. The zero-order valence-corrected chi connectivity index (χ0v) is 17.2. The first-order chi connectivity index (χ1) is 13.2. The molecule has 2 aromatic carbocycles. The number of alkyl halides is 3. The molecule has 0 fully saturated rings. The summed E-state index contributed by atoms with van der Waals surface area (Å²) in [6.45, 7) is 3.02. The maximum absolute atomic E-state index is 12.9. The van der Waals surface area contributed by atoms with Gasteiger partial charge in [-0.05, 0) is 50.3 Å². The van der Waals surface area contributed by atoms with Gasteiger partial charge in [0.05, 0.1) is 5.56 Å². The Morgan fingerprint density at radius 3 is 2.54 bits per heavy atom. The first-order valence-corrected chi connectivity index (χ1v) is 10.4. The van der Waals surface area contributed by atoms with Gasteiger partial charge >= 0.3 is 6.18 Å². The van der Waals surface area contributed by atoms with Crippen LogP contribution in [0, 0.1) is 6.92 Å². The van der Waals surface area contributed by atoms with E-state index in [1.54, 1.807) is 17.8 Å². The van der Waals surface area contributed by atoms with E-state index >= 15 is 0 Å². The molecular weight excluding hydrogens is 381 g/mol. The second-order valence-electron chi connectivity index (χ2n) is 7.38. The van der Waals surface area contributed by atoms with Crippen LogP contribution in [0.5, 0.6) is 0 Å². The fourth-order valence-corrected chi connectivity index (χ4v) is 4.29. The van der Waals surface area contributed by atoms with E-state index in [9.17, 15) is 13.2 Å². The number of hydrogen-bond acceptors (Lipinski definition) is 2. The number of nitrogens with one attached hydrogen (secondary N) is 1. The van der Waals surface area contributed by atoms with Crippen molar-refractivity contribution in [3.63, 3.8) is 0 Å². The van der Waals surface area contributed by atoms with Gasteiger partial charge in [0.1, 0.15) is 0 Å². The van der Waals surface area contributed by atoms with E-state index in [4.69, 9.17) is 0 Å². The van der Waals surface area contributed by atoms with E-state index in [0.717, 1.165) is 30.3 Å². The van der Waals surface area contributed by atoms with E-state index < -0.39 is 11.7 Å². The number of aromatic amines is 1. The number of aryl methyl sites for hydroxylation is 1. The van der Waals surface area contributed by atoms with Crippen molar-refractivity contribution >= 4 is 22.7 Å². The molecule has 0 saturated carbocycles. The topological polar surface area (TPSA) is 19.0 Å². The van der Waals surface area contributed by atoms with Gasteiger partial charge in [0, 0.05) is 41.1 Å². The number of H-pyrrole nitrogens is 1. The van der Waals surface area contributed by atoms with Crippen molar-refractivity contribution in [2.45, 2.75) is 31.0 Å². The zero-order chi connectivity index (χ0) is 20.3. The standard InChI is InChI=1S/C22H25F3N2S/c1-15-7-8-20-18(11-15)19(21(26-20)9-10-27(2)3)14-28-13-16-5-4-6-17(12-16)22(23,24)25/h4-8,11-12,26H,9-10,13-14H2,1-3H3. The fourth-order valence-electron chi connectivity index (χ4n) is 3.24. The van der Waals surface area contributed by atoms with Crippen LogP contribution in [-0.2, 0) is 24.1 Å². The summed E-state index contributed by atoms with van der Waals surface area (Å²) in [5.41, 5.74) is 4.91. The molecule has 0 saturated heterocycles. The Hall–Kier alpha value is -1.92. The average molecular weight is 407 g/mol. The minimum Gasteiger partial charge on any atom is -0.358 e. The van der Waals surface area contributed by atoms with Crippen LogP contribution in [0.4, 0.5) is 13.2 Å². The molecule has 3 rings (SSSR count). The van der Waals surface area contributed by atoms with E-state index in [2.05, 4.69) is 49.1 Å². The molecule has 1 N–H and O–H groups in total. The van der Waals surface area contributed by atoms with Gasteiger partial charge in [0.2, 0.25) is 0 Å². The molecule has 0 amide bonds. The molecule has 1 aromatic heterocycles. The van der Waals surface area contributed by atoms with Crippen molar-refractivity contribution in [3.05, 3.63) is 70.4 Å². The third kappa shape index (κ3) is 5.11. The molecule has 3 aromatic rings. The number of halogens is 3. The van der Waals surface area contributed by atoms with E-state index in [0.29, 0.717) is 11.3 Å². The predicted molar refractivity (Wildman–Crippen MR) is 112 cm³/mol. The molecule has 2 nitrogen and oxygen atoms in total. The third-order valence-corrected chi connectivity index (χ3v) is 5.76. The van der Waals surface area contributed by atoms with Crippen molar-refractivity contribution < 1.29 is 13.2 Å². The number of aromatic nitrogens is 1. The maximum atomic E-state index is 12.9. The average Bonchev–Trinajstić information content (AvgIpc) is 2.96. The van der Waals surface area contributed by atoms with Crippen LogP contribution < -0.4 is 0 Å². The number of benzene rings is 2. The number of fused-ring (bicyclic) bond motifs is 1. The lowest BCUT2D eigenvalue weighted by molar-refractivity contribution is -0.137. The Morgan fingerprint density at radius 2 is 1.82 bits per heavy atom. The van der Waals surface area contributed by atoms with Gasteiger partial charge < -0.3 is 9.88 Å². The third-order valence-electron chi connectivity index (χ3n) is 4.73. The highest BCUT2D eigenvalue weighted by atomic mass is 32.2. The summed E-state index contributed by atoms with van der Waals surface area (Å²) >= 11 is 1.65. The SMILES string of the molecule is Cc1ccc2[nH]c(CCN(C)C)c(CSCc3cccc(C(F)(F)F)c3)c2c1. The summed E-state index contributed by atoms with van der Waals surface area (Å²) in [6.07, 6.45) is -3.38. The van der Waals surface area contributed by atoms with E-state index in [1.165, 1.54) is 34.3 Å². The minimum absolute atomic E-state index is 0.551. The first kappa shape index (κ1) is 20.8. The van der Waals surface area contributed by atoms with Gasteiger partial charge in [-0.2, -0.15) is 24.9 Å². The number of thioether (sulfide) groups is 1. The molecule has 150 valence electrons. The van der Waals surface area contributed by atoms with Crippen molar-refractivity contribution in [3.8, 4) is 0 Å². The molecule has 0 spiro atoms. The molecule has 28 heavy (non-hydrogen) atoms. The fraction of sp³-hybridized carbons (Fsp3) is 0.364. The largest absolute Gasteiger partial charge is 0.416 e. The van der Waals surface area contributed by atoms with Crippen LogP contribution in [0.3, 0.4) is 0 Å². The molecular formula is C22H25F3N2S. The Labute approximate surface area is 168 Å². The Morgan fingerprint density at radius 1 is 1.04 bits per heavy atom. The van der Waals surface area contributed by atoms with E-state index in [-0.39, 0.29) is 0 Å². The Kier molecular flexibility index (Phi) is 6.40. The molecule has 0 bridgehead atoms. The van der Waals surface area contributed by atoms with Crippen LogP contribution in [0.25, 0.3) is 10.9 Å². The van der Waals surface area contributed by atoms with Gasteiger partial charge in [0.15, 0.2) is 0 Å². The summed E-state index contributed by atoms with van der Waals surface area (Å²) < 4.78 is 38.7. The van der Waals surface area contributed by atoms with Crippen LogP contribution in [0.2, 0.25) is 0 Å². The number of rotatable bonds is 7. The van der Waals surface area contributed by atoms with Gasteiger partial charge in [-0.15, -0.1) is 0 Å². The molecule has 0 aliphatic heterocycles. The van der Waals surface area contributed by atoms with Crippen molar-refractivity contribution in [1.29, 1.82) is 0 Å². The monoisotopic (exact) mass is 406 g/mol. The lowest BCUT2D eigenvalue weighted by atomic mass is 10.1. The van der Waals surface area contributed by atoms with Crippen LogP contribution in [0.1, 0.15) is 27.9 Å². The van der Waals surface area contributed by atoms with Crippen molar-refractivity contribution in [1.82, 2.24) is 9.88 Å². The number of hydrogen-bond donors (Lipinski definition) is 1. The van der Waals surface area contributed by atoms with Crippen LogP contribution in [-0.4, -0.2) is 30.5 Å². The molecule has 0 unspecified atom stereocenters. The lowest BCUT2D eigenvalue weighted by Gasteiger charge is -2.11. The first-order valence-electron chi connectivity index (χ1n) is 9.23. The normalized spacial score (nSPS) is 12.2. The predicted octanol–water partition coefficient (Wildman–Crippen LogP) is 6.03. The number of likely N-dealkylation sites (N-methyl/N-ethyl adjacent to an activating group) is 1. The van der Waals surface area contributed by atoms with Crippen molar-refractivity contribution in [2.24, 2.45) is 0 Å². The highest BCUT2D eigenvalue weighted by Crippen LogP contribution is 2.32. The summed E-state index contributed by atoms with van der Waals surface area (Å²) in [6, 6.07) is 12.0. The number of nitrogens with zero attached hydrogens (tertiary/aromatic N) is 1. The van der Waals surface area contributed by atoms with Gasteiger partial charge in [-0.3, -0.25) is 0 Å². The Balaban J connectivity index is 1.77. The second kappa shape index (κ2) is 8.62. The summed E-state index contributed by atoms with van der Waals surface area (Å²) in [4.78, 5) is 5.68. The molecule has 1 heterocycles. The maximum Gasteiger partial charge on any atom is 0.416 e. The molecule has 6 heteroatoms. The molecule has 0 atom stereocenters. The second-order valence-corrected chi connectivity index (χ2v) is 8.36. The van der Waals surface area contributed by atoms with Gasteiger partial charge in [-0.1, -0.05) is 29.8 Å². The smallest absolute Gasteiger partial charge is 0.358 e. The van der Waals surface area contributed by atoms with Gasteiger partial charge in [0.25, 0.3) is 0 Å². The van der Waals surface area contributed by atoms with Crippen LogP contribution in [0.15, 0.2) is 42.5 Å². The quantitative estimate of drug-likeness (QED) is 0.516. The lowest BCUT2D eigenvalue weighted by Crippen LogP contribution is -2.15. The van der Waals surface area contributed by atoms with Crippen molar-refractivity contribution in [2.75, 3.05) is 20.6 Å². The van der Waals surface area contributed by atoms with E-state index in [1.807, 2.05) is 0 Å². The van der Waals surface area contributed by atoms with Crippen LogP contribution >= 0.6 is 11.8 Å². The minimum atomic E-state index is -4.30. The summed E-state index contributed by atoms with van der Waals surface area (Å²) in [5.74, 6) is 1.32. The zero-order valence-electron chi connectivity index (χ0n) is 16.4.